The number of carbonyl (C=O) groups excluding carboxylic acids is 1. The van der Waals surface area contributed by atoms with Crippen LogP contribution >= 0.6 is 0 Å². The summed E-state index contributed by atoms with van der Waals surface area (Å²) < 4.78 is 16.1. The largest absolute Gasteiger partial charge is 0.444 e. The van der Waals surface area contributed by atoms with E-state index >= 15 is 0 Å². The second-order valence-electron chi connectivity index (χ2n) is 6.02. The Labute approximate surface area is 121 Å². The van der Waals surface area contributed by atoms with Crippen molar-refractivity contribution in [3.8, 4) is 0 Å². The van der Waals surface area contributed by atoms with Crippen molar-refractivity contribution < 1.29 is 19.0 Å². The molecule has 0 aliphatic carbocycles. The van der Waals surface area contributed by atoms with Crippen LogP contribution in [0, 0.1) is 0 Å². The second-order valence-corrected chi connectivity index (χ2v) is 6.02. The summed E-state index contributed by atoms with van der Waals surface area (Å²) in [6.45, 7) is 10.3. The molecule has 2 atom stereocenters. The normalized spacial score (nSPS) is 23.5. The van der Waals surface area contributed by atoms with Crippen molar-refractivity contribution in [2.24, 2.45) is 0 Å². The SMILES string of the molecule is C=CC[C@H]1[C@@H](OCOC)CCCN1C(=O)OC(C)(C)C. The molecule has 0 bridgehead atoms. The standard InChI is InChI=1S/C15H27NO4/c1-6-8-12-13(19-11-18-5)9-7-10-16(12)14(17)20-15(2,3)4/h6,12-13H,1,7-11H2,2-5H3/t12-,13-/m0/s1. The average Bonchev–Trinajstić information content (AvgIpc) is 2.35. The molecular weight excluding hydrogens is 258 g/mol. The summed E-state index contributed by atoms with van der Waals surface area (Å²) in [6.07, 6.45) is 4.01. The minimum absolute atomic E-state index is 0.0331. The number of hydrogen-bond donors (Lipinski definition) is 0. The Kier molecular flexibility index (Phi) is 6.49. The molecule has 5 heteroatoms. The van der Waals surface area contributed by atoms with Crippen LogP contribution in [0.4, 0.5) is 4.79 Å². The Balaban J connectivity index is 2.75. The van der Waals surface area contributed by atoms with Gasteiger partial charge in [0.15, 0.2) is 0 Å². The van der Waals surface area contributed by atoms with Crippen LogP contribution in [0.1, 0.15) is 40.0 Å². The fraction of sp³-hybridized carbons (Fsp3) is 0.800. The van der Waals surface area contributed by atoms with Gasteiger partial charge >= 0.3 is 6.09 Å². The second kappa shape index (κ2) is 7.64. The lowest BCUT2D eigenvalue weighted by molar-refractivity contribution is -0.113. The molecule has 0 saturated carbocycles. The van der Waals surface area contributed by atoms with E-state index in [4.69, 9.17) is 14.2 Å². The van der Waals surface area contributed by atoms with E-state index in [0.717, 1.165) is 12.8 Å². The molecule has 0 spiro atoms. The van der Waals surface area contributed by atoms with Crippen LogP contribution in [-0.2, 0) is 14.2 Å². The molecule has 1 rings (SSSR count). The lowest BCUT2D eigenvalue weighted by atomic mass is 9.96. The molecule has 5 nitrogen and oxygen atoms in total. The van der Waals surface area contributed by atoms with Gasteiger partial charge in [0.05, 0.1) is 12.1 Å². The summed E-state index contributed by atoms with van der Waals surface area (Å²) >= 11 is 0. The van der Waals surface area contributed by atoms with Gasteiger partial charge in [-0.25, -0.2) is 4.79 Å². The van der Waals surface area contributed by atoms with Crippen molar-refractivity contribution in [3.63, 3.8) is 0 Å². The van der Waals surface area contributed by atoms with Gasteiger partial charge in [-0.2, -0.15) is 0 Å². The molecule has 1 aliphatic rings. The number of hydrogen-bond acceptors (Lipinski definition) is 4. The van der Waals surface area contributed by atoms with Gasteiger partial charge in [-0.3, -0.25) is 0 Å². The maximum absolute atomic E-state index is 12.3. The van der Waals surface area contributed by atoms with E-state index in [1.54, 1.807) is 12.0 Å². The fourth-order valence-electron chi connectivity index (χ4n) is 2.37. The maximum Gasteiger partial charge on any atom is 0.410 e. The quantitative estimate of drug-likeness (QED) is 0.575. The third kappa shape index (κ3) is 5.13. The van der Waals surface area contributed by atoms with Crippen LogP contribution in [0.2, 0.25) is 0 Å². The first kappa shape index (κ1) is 17.0. The van der Waals surface area contributed by atoms with Crippen molar-refractivity contribution in [1.29, 1.82) is 0 Å². The zero-order valence-electron chi connectivity index (χ0n) is 13.1. The molecule has 0 aromatic carbocycles. The van der Waals surface area contributed by atoms with Crippen molar-refractivity contribution >= 4 is 6.09 Å². The van der Waals surface area contributed by atoms with Crippen LogP contribution in [0.5, 0.6) is 0 Å². The van der Waals surface area contributed by atoms with Crippen molar-refractivity contribution in [1.82, 2.24) is 4.90 Å². The average molecular weight is 285 g/mol. The first-order valence-corrected chi connectivity index (χ1v) is 7.10. The van der Waals surface area contributed by atoms with Gasteiger partial charge in [0.25, 0.3) is 0 Å². The number of rotatable bonds is 5. The highest BCUT2D eigenvalue weighted by atomic mass is 16.7. The van der Waals surface area contributed by atoms with Gasteiger partial charge in [0.1, 0.15) is 12.4 Å². The van der Waals surface area contributed by atoms with E-state index in [9.17, 15) is 4.79 Å². The molecule has 0 unspecified atom stereocenters. The molecule has 1 fully saturated rings. The fourth-order valence-corrected chi connectivity index (χ4v) is 2.37. The van der Waals surface area contributed by atoms with E-state index < -0.39 is 5.60 Å². The monoisotopic (exact) mass is 285 g/mol. The zero-order chi connectivity index (χ0) is 15.2. The predicted octanol–water partition coefficient (Wildman–Crippen LogP) is 2.95. The molecule has 1 heterocycles. The molecule has 0 aromatic heterocycles. The van der Waals surface area contributed by atoms with Crippen LogP contribution in [0.15, 0.2) is 12.7 Å². The Morgan fingerprint density at radius 3 is 2.70 bits per heavy atom. The Morgan fingerprint density at radius 2 is 2.15 bits per heavy atom. The third-order valence-electron chi connectivity index (χ3n) is 3.15. The molecule has 0 aromatic rings. The van der Waals surface area contributed by atoms with Crippen molar-refractivity contribution in [2.45, 2.75) is 57.8 Å². The van der Waals surface area contributed by atoms with E-state index in [1.165, 1.54) is 0 Å². The highest BCUT2D eigenvalue weighted by Gasteiger charge is 2.36. The molecule has 20 heavy (non-hydrogen) atoms. The van der Waals surface area contributed by atoms with Crippen LogP contribution in [-0.4, -0.2) is 49.2 Å². The first-order valence-electron chi connectivity index (χ1n) is 7.10. The Morgan fingerprint density at radius 1 is 1.45 bits per heavy atom. The number of ether oxygens (including phenoxy) is 3. The lowest BCUT2D eigenvalue weighted by Crippen LogP contribution is -2.53. The number of likely N-dealkylation sites (tertiary alicyclic amines) is 1. The van der Waals surface area contributed by atoms with Gasteiger partial charge in [0, 0.05) is 13.7 Å². The summed E-state index contributed by atoms with van der Waals surface area (Å²) in [5.74, 6) is 0. The van der Waals surface area contributed by atoms with E-state index in [0.29, 0.717) is 13.0 Å². The predicted molar refractivity (Wildman–Crippen MR) is 77.5 cm³/mol. The minimum atomic E-state index is -0.490. The first-order chi connectivity index (χ1) is 9.39. The van der Waals surface area contributed by atoms with Crippen molar-refractivity contribution in [2.75, 3.05) is 20.4 Å². The lowest BCUT2D eigenvalue weighted by Gasteiger charge is -2.41. The maximum atomic E-state index is 12.3. The Bertz CT molecular complexity index is 324. The Hall–Kier alpha value is -1.07. The number of nitrogens with zero attached hydrogens (tertiary/aromatic N) is 1. The topological polar surface area (TPSA) is 48.0 Å². The third-order valence-corrected chi connectivity index (χ3v) is 3.15. The summed E-state index contributed by atoms with van der Waals surface area (Å²) in [7, 11) is 1.59. The summed E-state index contributed by atoms with van der Waals surface area (Å²) in [5.41, 5.74) is -0.490. The van der Waals surface area contributed by atoms with Gasteiger partial charge in [-0.15, -0.1) is 6.58 Å². The highest BCUT2D eigenvalue weighted by Crippen LogP contribution is 2.25. The van der Waals surface area contributed by atoms with Gasteiger partial charge in [-0.1, -0.05) is 6.08 Å². The molecule has 1 saturated heterocycles. The van der Waals surface area contributed by atoms with Gasteiger partial charge < -0.3 is 19.1 Å². The number of amides is 1. The molecule has 0 radical (unpaired) electrons. The highest BCUT2D eigenvalue weighted by molar-refractivity contribution is 5.68. The van der Waals surface area contributed by atoms with E-state index in [2.05, 4.69) is 6.58 Å². The minimum Gasteiger partial charge on any atom is -0.444 e. The molecule has 116 valence electrons. The molecule has 0 N–H and O–H groups in total. The van der Waals surface area contributed by atoms with E-state index in [-0.39, 0.29) is 25.0 Å². The van der Waals surface area contributed by atoms with Crippen LogP contribution in [0.25, 0.3) is 0 Å². The van der Waals surface area contributed by atoms with Gasteiger partial charge in [0.2, 0.25) is 0 Å². The summed E-state index contributed by atoms with van der Waals surface area (Å²) in [4.78, 5) is 14.1. The molecular formula is C15H27NO4. The molecule has 1 aliphatic heterocycles. The van der Waals surface area contributed by atoms with Gasteiger partial charge in [-0.05, 0) is 40.0 Å². The number of piperidine rings is 1. The smallest absolute Gasteiger partial charge is 0.410 e. The molecule has 1 amide bonds. The van der Waals surface area contributed by atoms with Crippen LogP contribution in [0.3, 0.4) is 0 Å². The number of methoxy groups -OCH3 is 1. The number of carbonyl (C=O) groups is 1. The zero-order valence-corrected chi connectivity index (χ0v) is 13.1. The summed E-state index contributed by atoms with van der Waals surface area (Å²) in [5, 5.41) is 0. The van der Waals surface area contributed by atoms with Crippen molar-refractivity contribution in [3.05, 3.63) is 12.7 Å². The van der Waals surface area contributed by atoms with E-state index in [1.807, 2.05) is 26.8 Å². The van der Waals surface area contributed by atoms with Crippen LogP contribution < -0.4 is 0 Å². The summed E-state index contributed by atoms with van der Waals surface area (Å²) in [6, 6.07) is -0.0359.